The number of aryl methyl sites for hydroxylation is 2. The lowest BCUT2D eigenvalue weighted by Gasteiger charge is -2.30. The lowest BCUT2D eigenvalue weighted by atomic mass is 9.89. The lowest BCUT2D eigenvalue weighted by molar-refractivity contribution is -0.124. The van der Waals surface area contributed by atoms with Crippen LogP contribution in [0, 0.1) is 6.92 Å². The van der Waals surface area contributed by atoms with E-state index in [-0.39, 0.29) is 18.2 Å². The van der Waals surface area contributed by atoms with Crippen LogP contribution < -0.4 is 10.2 Å². The van der Waals surface area contributed by atoms with Gasteiger partial charge in [-0.1, -0.05) is 25.1 Å². The first-order chi connectivity index (χ1) is 11.4. The fourth-order valence-electron chi connectivity index (χ4n) is 3.36. The zero-order chi connectivity index (χ0) is 17.4. The summed E-state index contributed by atoms with van der Waals surface area (Å²) in [6.07, 6.45) is 0.968. The van der Waals surface area contributed by atoms with Crippen LogP contribution in [0.5, 0.6) is 0 Å². The first-order valence-electron chi connectivity index (χ1n) is 8.12. The molecule has 126 valence electrons. The van der Waals surface area contributed by atoms with E-state index < -0.39 is 5.92 Å². The molecule has 1 N–H and O–H groups in total. The SMILES string of the molecule is CCc1c(C)nn(C)c1NC(=O)C1CC(=O)N(C)c2ccccc21. The van der Waals surface area contributed by atoms with Crippen LogP contribution >= 0.6 is 0 Å². The lowest BCUT2D eigenvalue weighted by Crippen LogP contribution is -2.37. The first-order valence-corrected chi connectivity index (χ1v) is 8.12. The molecular formula is C18H22N4O2. The Hall–Kier alpha value is -2.63. The van der Waals surface area contributed by atoms with Crippen LogP contribution in [-0.2, 0) is 23.1 Å². The summed E-state index contributed by atoms with van der Waals surface area (Å²) in [4.78, 5) is 26.8. The number of anilines is 2. The molecule has 1 aromatic carbocycles. The van der Waals surface area contributed by atoms with Crippen LogP contribution in [0.15, 0.2) is 24.3 Å². The zero-order valence-electron chi connectivity index (χ0n) is 14.5. The Balaban J connectivity index is 1.94. The average molecular weight is 326 g/mol. The average Bonchev–Trinajstić information content (AvgIpc) is 2.84. The molecule has 0 aliphatic carbocycles. The Morgan fingerprint density at radius 3 is 2.75 bits per heavy atom. The minimum Gasteiger partial charge on any atom is -0.315 e. The third-order valence-electron chi connectivity index (χ3n) is 4.68. The molecule has 0 bridgehead atoms. The monoisotopic (exact) mass is 326 g/mol. The van der Waals surface area contributed by atoms with Gasteiger partial charge in [-0.05, 0) is 25.0 Å². The molecule has 2 amide bonds. The smallest absolute Gasteiger partial charge is 0.233 e. The number of benzene rings is 1. The number of aromatic nitrogens is 2. The molecule has 1 aliphatic heterocycles. The molecule has 2 aromatic rings. The summed E-state index contributed by atoms with van der Waals surface area (Å²) in [5.74, 6) is 0.0148. The maximum atomic E-state index is 12.9. The Kier molecular flexibility index (Phi) is 4.13. The highest BCUT2D eigenvalue weighted by Crippen LogP contribution is 2.36. The molecule has 1 unspecified atom stereocenters. The van der Waals surface area contributed by atoms with Gasteiger partial charge in [-0.15, -0.1) is 0 Å². The Labute approximate surface area is 141 Å². The van der Waals surface area contributed by atoms with Crippen LogP contribution in [0.4, 0.5) is 11.5 Å². The molecule has 3 rings (SSSR count). The summed E-state index contributed by atoms with van der Waals surface area (Å²) in [6.45, 7) is 3.97. The van der Waals surface area contributed by atoms with Gasteiger partial charge >= 0.3 is 0 Å². The van der Waals surface area contributed by atoms with E-state index in [1.54, 1.807) is 16.6 Å². The van der Waals surface area contributed by atoms with Crippen LogP contribution in [-0.4, -0.2) is 28.6 Å². The van der Waals surface area contributed by atoms with E-state index in [9.17, 15) is 9.59 Å². The molecule has 1 aromatic heterocycles. The van der Waals surface area contributed by atoms with Crippen LogP contribution in [0.1, 0.15) is 36.1 Å². The molecule has 0 radical (unpaired) electrons. The third-order valence-corrected chi connectivity index (χ3v) is 4.68. The number of para-hydroxylation sites is 1. The van der Waals surface area contributed by atoms with E-state index in [1.165, 1.54) is 0 Å². The van der Waals surface area contributed by atoms with Crippen LogP contribution in [0.2, 0.25) is 0 Å². The van der Waals surface area contributed by atoms with Gasteiger partial charge < -0.3 is 10.2 Å². The summed E-state index contributed by atoms with van der Waals surface area (Å²) in [5.41, 5.74) is 3.62. The number of hydrogen-bond donors (Lipinski definition) is 1. The minimum absolute atomic E-state index is 0.0502. The molecule has 0 spiro atoms. The van der Waals surface area contributed by atoms with E-state index in [0.29, 0.717) is 5.82 Å². The number of nitrogens with one attached hydrogen (secondary N) is 1. The highest BCUT2D eigenvalue weighted by molar-refractivity contribution is 6.05. The standard InChI is InChI=1S/C18H22N4O2/c1-5-12-11(2)20-22(4)17(12)19-18(24)14-10-16(23)21(3)15-9-7-6-8-13(14)15/h6-9,14H,5,10H2,1-4H3,(H,19,24). The predicted molar refractivity (Wildman–Crippen MR) is 93.2 cm³/mol. The Morgan fingerprint density at radius 2 is 2.04 bits per heavy atom. The van der Waals surface area contributed by atoms with E-state index in [2.05, 4.69) is 10.4 Å². The van der Waals surface area contributed by atoms with Gasteiger partial charge in [0.25, 0.3) is 0 Å². The summed E-state index contributed by atoms with van der Waals surface area (Å²) < 4.78 is 1.69. The van der Waals surface area contributed by atoms with Crippen molar-refractivity contribution in [3.05, 3.63) is 41.1 Å². The van der Waals surface area contributed by atoms with E-state index in [0.717, 1.165) is 28.9 Å². The van der Waals surface area contributed by atoms with Gasteiger partial charge in [-0.2, -0.15) is 5.10 Å². The van der Waals surface area contributed by atoms with Crippen molar-refractivity contribution in [2.45, 2.75) is 32.6 Å². The fourth-order valence-corrected chi connectivity index (χ4v) is 3.36. The molecule has 1 atom stereocenters. The molecule has 0 saturated carbocycles. The maximum Gasteiger partial charge on any atom is 0.233 e. The van der Waals surface area contributed by atoms with Gasteiger partial charge in [0.2, 0.25) is 11.8 Å². The molecular weight excluding hydrogens is 304 g/mol. The molecule has 6 nitrogen and oxygen atoms in total. The highest BCUT2D eigenvalue weighted by Gasteiger charge is 2.34. The van der Waals surface area contributed by atoms with Gasteiger partial charge in [-0.25, -0.2) is 0 Å². The Morgan fingerprint density at radius 1 is 1.33 bits per heavy atom. The highest BCUT2D eigenvalue weighted by atomic mass is 16.2. The molecule has 1 aliphatic rings. The van der Waals surface area contributed by atoms with Gasteiger partial charge in [-0.3, -0.25) is 14.3 Å². The number of amides is 2. The largest absolute Gasteiger partial charge is 0.315 e. The second kappa shape index (κ2) is 6.11. The summed E-state index contributed by atoms with van der Waals surface area (Å²) in [6, 6.07) is 7.56. The second-order valence-corrected chi connectivity index (χ2v) is 6.15. The number of carbonyl (C=O) groups is 2. The van der Waals surface area contributed by atoms with Crippen molar-refractivity contribution in [2.75, 3.05) is 17.3 Å². The van der Waals surface area contributed by atoms with Crippen molar-refractivity contribution in [3.8, 4) is 0 Å². The van der Waals surface area contributed by atoms with Crippen molar-refractivity contribution in [3.63, 3.8) is 0 Å². The van der Waals surface area contributed by atoms with Crippen molar-refractivity contribution in [1.29, 1.82) is 0 Å². The van der Waals surface area contributed by atoms with Crippen molar-refractivity contribution in [1.82, 2.24) is 9.78 Å². The quantitative estimate of drug-likeness (QED) is 0.941. The molecule has 2 heterocycles. The van der Waals surface area contributed by atoms with Gasteiger partial charge in [0, 0.05) is 31.8 Å². The normalized spacial score (nSPS) is 16.9. The van der Waals surface area contributed by atoms with Crippen LogP contribution in [0.25, 0.3) is 0 Å². The number of hydrogen-bond acceptors (Lipinski definition) is 3. The van der Waals surface area contributed by atoms with Crippen molar-refractivity contribution >= 4 is 23.3 Å². The number of nitrogens with zero attached hydrogens (tertiary/aromatic N) is 3. The fraction of sp³-hybridized carbons (Fsp3) is 0.389. The van der Waals surface area contributed by atoms with E-state index in [1.807, 2.05) is 45.2 Å². The number of carbonyl (C=O) groups excluding carboxylic acids is 2. The van der Waals surface area contributed by atoms with Gasteiger partial charge in [0.1, 0.15) is 5.82 Å². The van der Waals surface area contributed by atoms with Crippen molar-refractivity contribution in [2.24, 2.45) is 7.05 Å². The minimum atomic E-state index is -0.482. The summed E-state index contributed by atoms with van der Waals surface area (Å²) in [7, 11) is 3.56. The second-order valence-electron chi connectivity index (χ2n) is 6.15. The number of fused-ring (bicyclic) bond motifs is 1. The molecule has 24 heavy (non-hydrogen) atoms. The first kappa shape index (κ1) is 16.2. The zero-order valence-corrected chi connectivity index (χ0v) is 14.5. The summed E-state index contributed by atoms with van der Waals surface area (Å²) in [5, 5.41) is 7.37. The number of rotatable bonds is 3. The molecule has 0 saturated heterocycles. The summed E-state index contributed by atoms with van der Waals surface area (Å²) >= 11 is 0. The van der Waals surface area contributed by atoms with E-state index >= 15 is 0 Å². The van der Waals surface area contributed by atoms with Crippen LogP contribution in [0.3, 0.4) is 0 Å². The topological polar surface area (TPSA) is 67.2 Å². The van der Waals surface area contributed by atoms with Crippen molar-refractivity contribution < 1.29 is 9.59 Å². The predicted octanol–water partition coefficient (Wildman–Crippen LogP) is 2.38. The molecule has 0 fully saturated rings. The third kappa shape index (κ3) is 2.58. The van der Waals surface area contributed by atoms with E-state index in [4.69, 9.17) is 0 Å². The van der Waals surface area contributed by atoms with Gasteiger partial charge in [0.05, 0.1) is 11.6 Å². The van der Waals surface area contributed by atoms with Gasteiger partial charge in [0.15, 0.2) is 0 Å². The molecule has 6 heteroatoms. The maximum absolute atomic E-state index is 12.9. The Bertz CT molecular complexity index is 809.